The third kappa shape index (κ3) is 4.58. The molecule has 120 valence electrons. The van der Waals surface area contributed by atoms with Crippen LogP contribution in [0.15, 0.2) is 36.4 Å². The van der Waals surface area contributed by atoms with Crippen LogP contribution in [0.25, 0.3) is 0 Å². The molecule has 5 nitrogen and oxygen atoms in total. The van der Waals surface area contributed by atoms with Crippen LogP contribution in [0.3, 0.4) is 0 Å². The van der Waals surface area contributed by atoms with Crippen LogP contribution < -0.4 is 11.1 Å². The number of amides is 1. The first-order chi connectivity index (χ1) is 10.9. The van der Waals surface area contributed by atoms with E-state index in [2.05, 4.69) is 5.32 Å². The van der Waals surface area contributed by atoms with E-state index in [1.807, 2.05) is 0 Å². The molecule has 0 heterocycles. The van der Waals surface area contributed by atoms with Crippen LogP contribution in [-0.4, -0.2) is 18.5 Å². The highest BCUT2D eigenvalue weighted by Crippen LogP contribution is 2.20. The first-order valence-corrected chi connectivity index (χ1v) is 7.09. The molecule has 0 saturated carbocycles. The number of nitrogens with two attached hydrogens (primary N) is 1. The fourth-order valence-electron chi connectivity index (χ4n) is 1.71. The van der Waals surface area contributed by atoms with E-state index in [-0.39, 0.29) is 22.0 Å². The molecule has 2 aromatic carbocycles. The Morgan fingerprint density at radius 2 is 1.78 bits per heavy atom. The average Bonchev–Trinajstić information content (AvgIpc) is 2.48. The number of rotatable bonds is 4. The summed E-state index contributed by atoms with van der Waals surface area (Å²) in [4.78, 5) is 23.5. The van der Waals surface area contributed by atoms with Gasteiger partial charge in [0.05, 0.1) is 11.3 Å². The summed E-state index contributed by atoms with van der Waals surface area (Å²) in [5.74, 6) is -2.16. The number of anilines is 2. The predicted octanol–water partition coefficient (Wildman–Crippen LogP) is 3.51. The number of hydrogen-bond donors (Lipinski definition) is 2. The molecule has 0 radical (unpaired) electrons. The lowest BCUT2D eigenvalue weighted by atomic mass is 10.2. The Balaban J connectivity index is 1.96. The molecule has 0 unspecified atom stereocenters. The first-order valence-electron chi connectivity index (χ1n) is 6.34. The van der Waals surface area contributed by atoms with Crippen molar-refractivity contribution in [3.05, 3.63) is 57.8 Å². The van der Waals surface area contributed by atoms with Gasteiger partial charge in [-0.15, -0.1) is 0 Å². The number of hydrogen-bond acceptors (Lipinski definition) is 4. The molecule has 0 saturated heterocycles. The minimum absolute atomic E-state index is 0.0798. The van der Waals surface area contributed by atoms with Crippen LogP contribution in [0.4, 0.5) is 15.8 Å². The number of nitrogen functional groups attached to an aromatic ring is 1. The number of carbonyl (C=O) groups excluding carboxylic acids is 2. The molecule has 0 fully saturated rings. The Morgan fingerprint density at radius 1 is 1.13 bits per heavy atom. The summed E-state index contributed by atoms with van der Waals surface area (Å²) in [5, 5.41) is 2.88. The number of ether oxygens (including phenoxy) is 1. The second-order valence-corrected chi connectivity index (χ2v) is 5.35. The fraction of sp³-hybridized carbons (Fsp3) is 0.0667. The molecule has 0 aliphatic rings. The summed E-state index contributed by atoms with van der Waals surface area (Å²) in [6.45, 7) is -0.604. The zero-order chi connectivity index (χ0) is 17.0. The minimum Gasteiger partial charge on any atom is -0.452 e. The Hall–Kier alpha value is -2.31. The lowest BCUT2D eigenvalue weighted by Gasteiger charge is -2.09. The number of benzene rings is 2. The van der Waals surface area contributed by atoms with Crippen molar-refractivity contribution in [1.29, 1.82) is 0 Å². The maximum atomic E-state index is 13.5. The lowest BCUT2D eigenvalue weighted by Crippen LogP contribution is -2.21. The molecular formula is C15H11Cl2FN2O3. The maximum absolute atomic E-state index is 13.5. The van der Waals surface area contributed by atoms with Gasteiger partial charge in [0.25, 0.3) is 5.91 Å². The van der Waals surface area contributed by atoms with E-state index < -0.39 is 24.3 Å². The SMILES string of the molecule is Nc1cc(Cl)ccc1C(=O)OCC(=O)Nc1cc(Cl)ccc1F. The molecule has 1 amide bonds. The monoisotopic (exact) mass is 356 g/mol. The molecule has 0 spiro atoms. The van der Waals surface area contributed by atoms with E-state index in [1.165, 1.54) is 30.3 Å². The van der Waals surface area contributed by atoms with Gasteiger partial charge in [0.15, 0.2) is 6.61 Å². The zero-order valence-corrected chi connectivity index (χ0v) is 13.1. The molecule has 0 atom stereocenters. The van der Waals surface area contributed by atoms with Crippen LogP contribution in [0.1, 0.15) is 10.4 Å². The highest BCUT2D eigenvalue weighted by atomic mass is 35.5. The van der Waals surface area contributed by atoms with E-state index in [4.69, 9.17) is 33.7 Å². The predicted molar refractivity (Wildman–Crippen MR) is 86.2 cm³/mol. The lowest BCUT2D eigenvalue weighted by molar-refractivity contribution is -0.119. The van der Waals surface area contributed by atoms with Crippen molar-refractivity contribution in [1.82, 2.24) is 0 Å². The largest absolute Gasteiger partial charge is 0.452 e. The summed E-state index contributed by atoms with van der Waals surface area (Å²) >= 11 is 11.4. The Morgan fingerprint density at radius 3 is 2.48 bits per heavy atom. The number of halogens is 3. The van der Waals surface area contributed by atoms with Gasteiger partial charge >= 0.3 is 5.97 Å². The van der Waals surface area contributed by atoms with Crippen molar-refractivity contribution >= 4 is 46.5 Å². The van der Waals surface area contributed by atoms with E-state index in [9.17, 15) is 14.0 Å². The number of esters is 1. The Kier molecular flexibility index (Phi) is 5.41. The van der Waals surface area contributed by atoms with E-state index >= 15 is 0 Å². The van der Waals surface area contributed by atoms with Crippen LogP contribution in [0, 0.1) is 5.82 Å². The van der Waals surface area contributed by atoms with Crippen LogP contribution in [0.2, 0.25) is 10.0 Å². The third-order valence-electron chi connectivity index (χ3n) is 2.77. The molecule has 3 N–H and O–H groups in total. The molecule has 2 rings (SSSR count). The Bertz CT molecular complexity index is 768. The smallest absolute Gasteiger partial charge is 0.340 e. The summed E-state index contributed by atoms with van der Waals surface area (Å²) in [6.07, 6.45) is 0. The van der Waals surface area contributed by atoms with E-state index in [0.29, 0.717) is 5.02 Å². The van der Waals surface area contributed by atoms with Gasteiger partial charge in [-0.3, -0.25) is 4.79 Å². The topological polar surface area (TPSA) is 81.4 Å². The zero-order valence-electron chi connectivity index (χ0n) is 11.6. The first kappa shape index (κ1) is 17.1. The van der Waals surface area contributed by atoms with Crippen LogP contribution >= 0.6 is 23.2 Å². The molecule has 8 heteroatoms. The highest BCUT2D eigenvalue weighted by Gasteiger charge is 2.14. The van der Waals surface area contributed by atoms with Gasteiger partial charge < -0.3 is 15.8 Å². The van der Waals surface area contributed by atoms with Gasteiger partial charge in [0.2, 0.25) is 0 Å². The van der Waals surface area contributed by atoms with Crippen molar-refractivity contribution in [2.45, 2.75) is 0 Å². The normalized spacial score (nSPS) is 10.2. The van der Waals surface area contributed by atoms with Crippen molar-refractivity contribution in [3.8, 4) is 0 Å². The average molecular weight is 357 g/mol. The van der Waals surface area contributed by atoms with Crippen LogP contribution in [0.5, 0.6) is 0 Å². The fourth-order valence-corrected chi connectivity index (χ4v) is 2.06. The van der Waals surface area contributed by atoms with Crippen molar-refractivity contribution in [2.75, 3.05) is 17.7 Å². The second-order valence-electron chi connectivity index (χ2n) is 4.48. The van der Waals surface area contributed by atoms with E-state index in [1.54, 1.807) is 0 Å². The summed E-state index contributed by atoms with van der Waals surface area (Å²) in [6, 6.07) is 7.94. The van der Waals surface area contributed by atoms with Crippen molar-refractivity contribution in [3.63, 3.8) is 0 Å². The molecule has 0 bridgehead atoms. The minimum atomic E-state index is -0.791. The third-order valence-corrected chi connectivity index (χ3v) is 3.24. The van der Waals surface area contributed by atoms with Crippen molar-refractivity contribution in [2.24, 2.45) is 0 Å². The highest BCUT2D eigenvalue weighted by molar-refractivity contribution is 6.31. The van der Waals surface area contributed by atoms with E-state index in [0.717, 1.165) is 6.07 Å². The maximum Gasteiger partial charge on any atom is 0.340 e. The second kappa shape index (κ2) is 7.30. The van der Waals surface area contributed by atoms with Gasteiger partial charge in [-0.25, -0.2) is 9.18 Å². The quantitative estimate of drug-likeness (QED) is 0.648. The van der Waals surface area contributed by atoms with Gasteiger partial charge in [0, 0.05) is 15.7 Å². The summed E-state index contributed by atoms with van der Waals surface area (Å²) < 4.78 is 18.3. The van der Waals surface area contributed by atoms with Gasteiger partial charge in [-0.05, 0) is 36.4 Å². The van der Waals surface area contributed by atoms with Crippen LogP contribution in [-0.2, 0) is 9.53 Å². The molecule has 0 aliphatic carbocycles. The number of carbonyl (C=O) groups is 2. The number of nitrogens with one attached hydrogen (secondary N) is 1. The van der Waals surface area contributed by atoms with Gasteiger partial charge in [0.1, 0.15) is 5.82 Å². The molecular weight excluding hydrogens is 346 g/mol. The summed E-state index contributed by atoms with van der Waals surface area (Å²) in [7, 11) is 0. The summed E-state index contributed by atoms with van der Waals surface area (Å²) in [5.41, 5.74) is 5.74. The molecule has 2 aromatic rings. The van der Waals surface area contributed by atoms with Crippen molar-refractivity contribution < 1.29 is 18.7 Å². The van der Waals surface area contributed by atoms with Gasteiger partial charge in [-0.1, -0.05) is 23.2 Å². The van der Waals surface area contributed by atoms with Gasteiger partial charge in [-0.2, -0.15) is 0 Å². The standard InChI is InChI=1S/C15H11Cl2FN2O3/c16-8-1-3-10(12(19)5-8)15(22)23-7-14(21)20-13-6-9(17)2-4-11(13)18/h1-6H,7,19H2,(H,20,21). The Labute approximate surface area is 141 Å². The molecule has 0 aromatic heterocycles. The molecule has 0 aliphatic heterocycles. The molecule has 23 heavy (non-hydrogen) atoms.